The summed E-state index contributed by atoms with van der Waals surface area (Å²) in [5.74, 6) is 1.76. The zero-order chi connectivity index (χ0) is 21.9. The van der Waals surface area contributed by atoms with E-state index in [1.54, 1.807) is 11.3 Å². The number of amides is 1. The van der Waals surface area contributed by atoms with Crippen LogP contribution < -0.4 is 4.90 Å². The van der Waals surface area contributed by atoms with Gasteiger partial charge in [0.1, 0.15) is 17.6 Å². The SMILES string of the molecule is Cc1ccc(C2=NN(C(=O)CN3CCN(c4ccccn4)CC3)[C@H](c3ccco3)C2)cc1. The zero-order valence-corrected chi connectivity index (χ0v) is 18.2. The first-order valence-electron chi connectivity index (χ1n) is 11.1. The average molecular weight is 430 g/mol. The molecule has 0 unspecified atom stereocenters. The van der Waals surface area contributed by atoms with E-state index < -0.39 is 0 Å². The molecular weight excluding hydrogens is 402 g/mol. The Hall–Kier alpha value is -3.45. The van der Waals surface area contributed by atoms with Crippen LogP contribution in [0.1, 0.15) is 29.3 Å². The monoisotopic (exact) mass is 429 g/mol. The molecule has 0 bridgehead atoms. The molecule has 1 fully saturated rings. The molecule has 7 nitrogen and oxygen atoms in total. The first kappa shape index (κ1) is 20.5. The Bertz CT molecular complexity index is 1070. The van der Waals surface area contributed by atoms with E-state index >= 15 is 0 Å². The molecule has 0 radical (unpaired) electrons. The van der Waals surface area contributed by atoms with Gasteiger partial charge < -0.3 is 9.32 Å². The summed E-state index contributed by atoms with van der Waals surface area (Å²) >= 11 is 0. The van der Waals surface area contributed by atoms with Gasteiger partial charge >= 0.3 is 0 Å². The van der Waals surface area contributed by atoms with E-state index in [9.17, 15) is 4.79 Å². The number of hydrazone groups is 1. The van der Waals surface area contributed by atoms with Crippen molar-refractivity contribution in [2.45, 2.75) is 19.4 Å². The molecule has 0 saturated carbocycles. The van der Waals surface area contributed by atoms with Gasteiger partial charge in [-0.15, -0.1) is 0 Å². The number of aromatic nitrogens is 1. The number of carbonyl (C=O) groups excluding carboxylic acids is 1. The Morgan fingerprint density at radius 3 is 2.53 bits per heavy atom. The number of furan rings is 1. The molecule has 164 valence electrons. The van der Waals surface area contributed by atoms with E-state index in [1.165, 1.54) is 5.56 Å². The molecule has 1 saturated heterocycles. The minimum atomic E-state index is -0.205. The van der Waals surface area contributed by atoms with Crippen molar-refractivity contribution in [1.82, 2.24) is 14.9 Å². The van der Waals surface area contributed by atoms with Gasteiger partial charge in [0.2, 0.25) is 0 Å². The van der Waals surface area contributed by atoms with E-state index in [0.29, 0.717) is 13.0 Å². The molecule has 1 atom stereocenters. The predicted octanol–water partition coefficient (Wildman–Crippen LogP) is 3.48. The minimum Gasteiger partial charge on any atom is -0.467 e. The van der Waals surface area contributed by atoms with E-state index in [1.807, 2.05) is 36.5 Å². The van der Waals surface area contributed by atoms with Gasteiger partial charge in [0.25, 0.3) is 5.91 Å². The number of rotatable bonds is 5. The largest absolute Gasteiger partial charge is 0.467 e. The van der Waals surface area contributed by atoms with Crippen molar-refractivity contribution in [3.8, 4) is 0 Å². The molecule has 0 spiro atoms. The third-order valence-corrected chi connectivity index (χ3v) is 6.13. The fourth-order valence-corrected chi connectivity index (χ4v) is 4.30. The summed E-state index contributed by atoms with van der Waals surface area (Å²) < 4.78 is 5.66. The fourth-order valence-electron chi connectivity index (χ4n) is 4.30. The molecular formula is C25H27N5O2. The molecule has 2 aliphatic rings. The second kappa shape index (κ2) is 8.96. The number of pyridine rings is 1. The van der Waals surface area contributed by atoms with Crippen molar-refractivity contribution < 1.29 is 9.21 Å². The van der Waals surface area contributed by atoms with Crippen molar-refractivity contribution in [3.05, 3.63) is 83.9 Å². The molecule has 0 aliphatic carbocycles. The lowest BCUT2D eigenvalue weighted by atomic mass is 10.0. The summed E-state index contributed by atoms with van der Waals surface area (Å²) in [6, 6.07) is 17.8. The van der Waals surface area contributed by atoms with E-state index in [2.05, 4.69) is 46.0 Å². The highest BCUT2D eigenvalue weighted by atomic mass is 16.3. The van der Waals surface area contributed by atoms with Gasteiger partial charge in [0.05, 0.1) is 18.5 Å². The highest BCUT2D eigenvalue weighted by molar-refractivity contribution is 6.03. The molecule has 1 amide bonds. The molecule has 0 N–H and O–H groups in total. The first-order valence-corrected chi connectivity index (χ1v) is 11.1. The van der Waals surface area contributed by atoms with E-state index in [0.717, 1.165) is 49.0 Å². The van der Waals surface area contributed by atoms with Gasteiger partial charge in [-0.05, 0) is 36.8 Å². The number of nitrogens with zero attached hydrogens (tertiary/aromatic N) is 5. The van der Waals surface area contributed by atoms with E-state index in [4.69, 9.17) is 9.52 Å². The third kappa shape index (κ3) is 4.29. The summed E-state index contributed by atoms with van der Waals surface area (Å²) in [4.78, 5) is 22.2. The molecule has 4 heterocycles. The third-order valence-electron chi connectivity index (χ3n) is 6.13. The summed E-state index contributed by atoms with van der Waals surface area (Å²) in [6.07, 6.45) is 4.12. The Balaban J connectivity index is 1.28. The minimum absolute atomic E-state index is 0.000187. The number of piperazine rings is 1. The summed E-state index contributed by atoms with van der Waals surface area (Å²) in [7, 11) is 0. The van der Waals surface area contributed by atoms with Gasteiger partial charge in [-0.1, -0.05) is 35.9 Å². The smallest absolute Gasteiger partial charge is 0.257 e. The number of benzene rings is 1. The predicted molar refractivity (Wildman–Crippen MR) is 124 cm³/mol. The van der Waals surface area contributed by atoms with E-state index in [-0.39, 0.29) is 11.9 Å². The summed E-state index contributed by atoms with van der Waals surface area (Å²) in [6.45, 7) is 5.74. The summed E-state index contributed by atoms with van der Waals surface area (Å²) in [5, 5.41) is 6.37. The highest BCUT2D eigenvalue weighted by Crippen LogP contribution is 2.33. The Morgan fingerprint density at radius 2 is 1.84 bits per heavy atom. The highest BCUT2D eigenvalue weighted by Gasteiger charge is 2.35. The molecule has 5 rings (SSSR count). The molecule has 1 aromatic carbocycles. The number of hydrogen-bond donors (Lipinski definition) is 0. The molecule has 32 heavy (non-hydrogen) atoms. The van der Waals surface area contributed by atoms with Crippen LogP contribution in [0.25, 0.3) is 0 Å². The standard InChI is InChI=1S/C25H27N5O2/c1-19-7-9-20(10-8-19)21-17-22(23-5-4-16-32-23)30(27-21)25(31)18-28-12-14-29(15-13-28)24-6-2-3-11-26-24/h2-11,16,22H,12-15,17-18H2,1H3/t22-/m0/s1. The van der Waals surface area contributed by atoms with Crippen LogP contribution in [0.4, 0.5) is 5.82 Å². The molecule has 3 aromatic rings. The van der Waals surface area contributed by atoms with Crippen LogP contribution >= 0.6 is 0 Å². The number of anilines is 1. The van der Waals surface area contributed by atoms with Gasteiger partial charge in [-0.3, -0.25) is 9.69 Å². The van der Waals surface area contributed by atoms with Gasteiger partial charge in [0.15, 0.2) is 0 Å². The topological polar surface area (TPSA) is 65.2 Å². The molecule has 7 heteroatoms. The molecule has 2 aromatic heterocycles. The Labute approximate surface area is 188 Å². The molecule has 2 aliphatic heterocycles. The Kier molecular flexibility index (Phi) is 5.73. The van der Waals surface area contributed by atoms with Crippen LogP contribution in [-0.4, -0.2) is 59.2 Å². The lowest BCUT2D eigenvalue weighted by Gasteiger charge is -2.35. The maximum atomic E-state index is 13.3. The number of hydrogen-bond acceptors (Lipinski definition) is 6. The van der Waals surface area contributed by atoms with Crippen molar-refractivity contribution in [3.63, 3.8) is 0 Å². The Morgan fingerprint density at radius 1 is 1.03 bits per heavy atom. The first-order chi connectivity index (χ1) is 15.7. The number of aryl methyl sites for hydroxylation is 1. The lowest BCUT2D eigenvalue weighted by molar-refractivity contribution is -0.134. The maximum absolute atomic E-state index is 13.3. The number of carbonyl (C=O) groups is 1. The van der Waals surface area contributed by atoms with Crippen LogP contribution in [-0.2, 0) is 4.79 Å². The van der Waals surface area contributed by atoms with Crippen LogP contribution in [0.5, 0.6) is 0 Å². The lowest BCUT2D eigenvalue weighted by Crippen LogP contribution is -2.49. The second-order valence-corrected chi connectivity index (χ2v) is 8.34. The van der Waals surface area contributed by atoms with Crippen LogP contribution in [0, 0.1) is 6.92 Å². The van der Waals surface area contributed by atoms with Crippen LogP contribution in [0.2, 0.25) is 0 Å². The van der Waals surface area contributed by atoms with Gasteiger partial charge in [0, 0.05) is 38.8 Å². The van der Waals surface area contributed by atoms with Crippen molar-refractivity contribution in [1.29, 1.82) is 0 Å². The average Bonchev–Trinajstić information content (AvgIpc) is 3.51. The van der Waals surface area contributed by atoms with Crippen molar-refractivity contribution in [2.75, 3.05) is 37.6 Å². The van der Waals surface area contributed by atoms with Crippen molar-refractivity contribution >= 4 is 17.4 Å². The second-order valence-electron chi connectivity index (χ2n) is 8.34. The van der Waals surface area contributed by atoms with Gasteiger partial charge in [-0.25, -0.2) is 9.99 Å². The normalized spacial score (nSPS) is 19.3. The summed E-state index contributed by atoms with van der Waals surface area (Å²) in [5.41, 5.74) is 3.17. The van der Waals surface area contributed by atoms with Crippen LogP contribution in [0.3, 0.4) is 0 Å². The fraction of sp³-hybridized carbons (Fsp3) is 0.320. The van der Waals surface area contributed by atoms with Crippen molar-refractivity contribution in [2.24, 2.45) is 5.10 Å². The van der Waals surface area contributed by atoms with Crippen LogP contribution in [0.15, 0.2) is 76.6 Å². The quantitative estimate of drug-likeness (QED) is 0.621. The zero-order valence-electron chi connectivity index (χ0n) is 18.2. The maximum Gasteiger partial charge on any atom is 0.257 e. The van der Waals surface area contributed by atoms with Gasteiger partial charge in [-0.2, -0.15) is 5.10 Å².